The Morgan fingerprint density at radius 1 is 1.18 bits per heavy atom. The van der Waals surface area contributed by atoms with Crippen molar-refractivity contribution in [3.8, 4) is 5.75 Å². The molecule has 1 saturated heterocycles. The molecule has 0 aliphatic carbocycles. The fraction of sp³-hybridized carbons (Fsp3) is 0.350. The van der Waals surface area contributed by atoms with Crippen molar-refractivity contribution in [2.45, 2.75) is 6.10 Å². The molecule has 2 aromatic carbocycles. The van der Waals surface area contributed by atoms with Crippen LogP contribution in [0, 0.1) is 0 Å². The fourth-order valence-electron chi connectivity index (χ4n) is 3.18. The molecule has 7 nitrogen and oxygen atoms in total. The van der Waals surface area contributed by atoms with Crippen LogP contribution in [0.4, 0.5) is 16.2 Å². The van der Waals surface area contributed by atoms with E-state index in [2.05, 4.69) is 21.2 Å². The molecule has 2 aromatic rings. The van der Waals surface area contributed by atoms with Gasteiger partial charge < -0.3 is 25.8 Å². The maximum atomic E-state index is 10.8. The molecule has 0 aromatic heterocycles. The molecule has 8 heteroatoms. The van der Waals surface area contributed by atoms with E-state index in [1.165, 1.54) is 0 Å². The van der Waals surface area contributed by atoms with Crippen LogP contribution in [0.1, 0.15) is 0 Å². The number of nitrogens with two attached hydrogens (primary N) is 1. The third kappa shape index (κ3) is 6.02. The van der Waals surface area contributed by atoms with Crippen LogP contribution in [0.15, 0.2) is 48.5 Å². The molecular formula is C20H25ClN4O3. The first-order chi connectivity index (χ1) is 13.5. The molecule has 3 rings (SSSR count). The lowest BCUT2D eigenvalue weighted by Gasteiger charge is -2.36. The van der Waals surface area contributed by atoms with Crippen LogP contribution in [-0.4, -0.2) is 61.5 Å². The Morgan fingerprint density at radius 2 is 1.89 bits per heavy atom. The van der Waals surface area contributed by atoms with Gasteiger partial charge in [0, 0.05) is 49.1 Å². The van der Waals surface area contributed by atoms with Crippen molar-refractivity contribution in [2.75, 3.05) is 49.5 Å². The van der Waals surface area contributed by atoms with Gasteiger partial charge in [-0.1, -0.05) is 17.7 Å². The van der Waals surface area contributed by atoms with E-state index in [0.717, 1.165) is 36.9 Å². The molecule has 2 amide bonds. The number of amides is 2. The monoisotopic (exact) mass is 404 g/mol. The maximum Gasteiger partial charge on any atom is 0.316 e. The van der Waals surface area contributed by atoms with Gasteiger partial charge in [-0.3, -0.25) is 4.90 Å². The molecule has 4 N–H and O–H groups in total. The summed E-state index contributed by atoms with van der Waals surface area (Å²) in [6.45, 7) is 4.29. The maximum absolute atomic E-state index is 10.8. The third-order valence-electron chi connectivity index (χ3n) is 4.58. The van der Waals surface area contributed by atoms with E-state index in [1.54, 1.807) is 24.3 Å². The number of urea groups is 1. The van der Waals surface area contributed by atoms with Crippen molar-refractivity contribution in [1.82, 2.24) is 4.90 Å². The van der Waals surface area contributed by atoms with Gasteiger partial charge in [-0.05, 0) is 42.5 Å². The predicted molar refractivity (Wildman–Crippen MR) is 111 cm³/mol. The highest BCUT2D eigenvalue weighted by Gasteiger charge is 2.20. The molecule has 0 spiro atoms. The summed E-state index contributed by atoms with van der Waals surface area (Å²) in [6.07, 6.45) is -0.582. The highest BCUT2D eigenvalue weighted by Crippen LogP contribution is 2.21. The smallest absolute Gasteiger partial charge is 0.316 e. The number of primary amides is 1. The second-order valence-electron chi connectivity index (χ2n) is 6.75. The van der Waals surface area contributed by atoms with E-state index in [0.29, 0.717) is 18.0 Å². The number of carbonyl (C=O) groups is 1. The van der Waals surface area contributed by atoms with Crippen LogP contribution in [0.2, 0.25) is 5.02 Å². The van der Waals surface area contributed by atoms with E-state index in [-0.39, 0.29) is 6.61 Å². The zero-order valence-electron chi connectivity index (χ0n) is 15.6. The molecular weight excluding hydrogens is 380 g/mol. The molecule has 1 heterocycles. The van der Waals surface area contributed by atoms with Gasteiger partial charge in [0.05, 0.1) is 0 Å². The van der Waals surface area contributed by atoms with Crippen molar-refractivity contribution in [2.24, 2.45) is 5.73 Å². The van der Waals surface area contributed by atoms with E-state index in [4.69, 9.17) is 22.1 Å². The Kier molecular flexibility index (Phi) is 6.97. The molecule has 1 aliphatic rings. The second-order valence-corrected chi connectivity index (χ2v) is 7.18. The van der Waals surface area contributed by atoms with Crippen LogP contribution >= 0.6 is 11.6 Å². The van der Waals surface area contributed by atoms with Crippen molar-refractivity contribution in [3.63, 3.8) is 0 Å². The Hall–Kier alpha value is -2.48. The van der Waals surface area contributed by atoms with Gasteiger partial charge in [-0.15, -0.1) is 0 Å². The second kappa shape index (κ2) is 9.64. The molecule has 1 unspecified atom stereocenters. The Balaban J connectivity index is 1.39. The highest BCUT2D eigenvalue weighted by molar-refractivity contribution is 6.30. The van der Waals surface area contributed by atoms with Gasteiger partial charge in [-0.2, -0.15) is 0 Å². The van der Waals surface area contributed by atoms with Crippen LogP contribution in [0.5, 0.6) is 5.75 Å². The largest absolute Gasteiger partial charge is 0.491 e. The Labute approximate surface area is 169 Å². The minimum absolute atomic E-state index is 0.205. The average Bonchev–Trinajstić information content (AvgIpc) is 2.68. The number of β-amino-alcohol motifs (C(OH)–C–C–N with tert-alkyl or cyclic N) is 1. The molecule has 0 saturated carbocycles. The van der Waals surface area contributed by atoms with Crippen molar-refractivity contribution in [1.29, 1.82) is 0 Å². The lowest BCUT2D eigenvalue weighted by Crippen LogP contribution is -2.49. The number of halogens is 1. The molecule has 0 bridgehead atoms. The number of carbonyl (C=O) groups excluding carboxylic acids is 1. The van der Waals surface area contributed by atoms with Crippen molar-refractivity contribution < 1.29 is 14.6 Å². The van der Waals surface area contributed by atoms with Crippen LogP contribution < -0.4 is 20.7 Å². The van der Waals surface area contributed by atoms with Gasteiger partial charge in [0.15, 0.2) is 0 Å². The summed E-state index contributed by atoms with van der Waals surface area (Å²) in [4.78, 5) is 15.3. The summed E-state index contributed by atoms with van der Waals surface area (Å²) >= 11 is 6.07. The standard InChI is InChI=1S/C20H25ClN4O3/c21-15-2-1-3-17(12-15)25-10-8-24(9-11-25)13-18(26)14-28-19-6-4-16(5-7-19)23-20(22)27/h1-7,12,18,26H,8-11,13-14H2,(H3,22,23,27). The molecule has 150 valence electrons. The first kappa shape index (κ1) is 20.3. The van der Waals surface area contributed by atoms with Gasteiger partial charge in [-0.25, -0.2) is 4.79 Å². The van der Waals surface area contributed by atoms with Crippen LogP contribution in [0.3, 0.4) is 0 Å². The van der Waals surface area contributed by atoms with Crippen LogP contribution in [-0.2, 0) is 0 Å². The lowest BCUT2D eigenvalue weighted by atomic mass is 10.2. The molecule has 28 heavy (non-hydrogen) atoms. The van der Waals surface area contributed by atoms with Gasteiger partial charge >= 0.3 is 6.03 Å². The van der Waals surface area contributed by atoms with Crippen molar-refractivity contribution in [3.05, 3.63) is 53.6 Å². The molecule has 1 atom stereocenters. The summed E-state index contributed by atoms with van der Waals surface area (Å²) < 4.78 is 5.63. The first-order valence-corrected chi connectivity index (χ1v) is 9.57. The normalized spacial score (nSPS) is 15.9. The Bertz CT molecular complexity index is 779. The summed E-state index contributed by atoms with van der Waals surface area (Å²) in [6, 6.07) is 14.1. The number of hydrogen-bond donors (Lipinski definition) is 3. The minimum Gasteiger partial charge on any atom is -0.491 e. The van der Waals surface area contributed by atoms with E-state index in [1.807, 2.05) is 18.2 Å². The summed E-state index contributed by atoms with van der Waals surface area (Å²) in [5.41, 5.74) is 6.80. The number of aliphatic hydroxyl groups is 1. The SMILES string of the molecule is NC(=O)Nc1ccc(OCC(O)CN2CCN(c3cccc(Cl)c3)CC2)cc1. The number of hydrogen-bond acceptors (Lipinski definition) is 5. The predicted octanol–water partition coefficient (Wildman–Crippen LogP) is 2.39. The minimum atomic E-state index is -0.612. The number of anilines is 2. The van der Waals surface area contributed by atoms with E-state index >= 15 is 0 Å². The summed E-state index contributed by atoms with van der Waals surface area (Å²) in [5, 5.41) is 13.5. The number of benzene rings is 2. The van der Waals surface area contributed by atoms with Crippen LogP contribution in [0.25, 0.3) is 0 Å². The number of aliphatic hydroxyl groups excluding tert-OH is 1. The third-order valence-corrected chi connectivity index (χ3v) is 4.81. The lowest BCUT2D eigenvalue weighted by molar-refractivity contribution is 0.0663. The number of ether oxygens (including phenoxy) is 1. The molecule has 0 radical (unpaired) electrons. The zero-order chi connectivity index (χ0) is 19.9. The number of piperazine rings is 1. The highest BCUT2D eigenvalue weighted by atomic mass is 35.5. The van der Waals surface area contributed by atoms with Gasteiger partial charge in [0.2, 0.25) is 0 Å². The van der Waals surface area contributed by atoms with E-state index < -0.39 is 12.1 Å². The van der Waals surface area contributed by atoms with E-state index in [9.17, 15) is 9.90 Å². The van der Waals surface area contributed by atoms with Gasteiger partial charge in [0.25, 0.3) is 0 Å². The zero-order valence-corrected chi connectivity index (χ0v) is 16.3. The number of rotatable bonds is 7. The molecule has 1 fully saturated rings. The molecule has 1 aliphatic heterocycles. The quantitative estimate of drug-likeness (QED) is 0.659. The summed E-state index contributed by atoms with van der Waals surface area (Å²) in [5.74, 6) is 0.625. The Morgan fingerprint density at radius 3 is 2.54 bits per heavy atom. The number of nitrogens with one attached hydrogen (secondary N) is 1. The van der Waals surface area contributed by atoms with Gasteiger partial charge in [0.1, 0.15) is 18.5 Å². The summed E-state index contributed by atoms with van der Waals surface area (Å²) in [7, 11) is 0. The first-order valence-electron chi connectivity index (χ1n) is 9.20. The number of nitrogens with zero attached hydrogens (tertiary/aromatic N) is 2. The average molecular weight is 405 g/mol. The topological polar surface area (TPSA) is 91.1 Å². The van der Waals surface area contributed by atoms with Crippen molar-refractivity contribution >= 4 is 29.0 Å². The fourth-order valence-corrected chi connectivity index (χ4v) is 3.37.